The second-order valence-electron chi connectivity index (χ2n) is 9.06. The molecule has 3 heterocycles. The fourth-order valence-corrected chi connectivity index (χ4v) is 5.59. The highest BCUT2D eigenvalue weighted by molar-refractivity contribution is 7.89. The van der Waals surface area contributed by atoms with Crippen molar-refractivity contribution in [2.24, 2.45) is 5.14 Å². The average Bonchev–Trinajstić information content (AvgIpc) is 3.27. The topological polar surface area (TPSA) is 114 Å². The third-order valence-corrected chi connectivity index (χ3v) is 7.89. The Hall–Kier alpha value is -3.53. The summed E-state index contributed by atoms with van der Waals surface area (Å²) in [5.41, 5.74) is 8.47. The number of pyridine rings is 1. The molecule has 5 rings (SSSR count). The number of nitrogens with two attached hydrogens (primary N) is 1. The van der Waals surface area contributed by atoms with Crippen molar-refractivity contribution in [2.45, 2.75) is 25.7 Å². The molecule has 0 atom stereocenters. The standard InChI is InChI=1S/C27H29N5O3S/c1-17-18(2)24(36(28,33)34)9-8-23(17)20-4-6-21(7-5-20)26-19(3)30-31-27(26)22-10-11-29-25(16-22)32-12-14-35-15-13-32/h4-11,16H,12-15H2,1-3H3,(H,30,31)(H2,28,33,34). The minimum Gasteiger partial charge on any atom is -0.378 e. The van der Waals surface area contributed by atoms with Gasteiger partial charge in [0.2, 0.25) is 10.0 Å². The van der Waals surface area contributed by atoms with E-state index in [1.54, 1.807) is 13.0 Å². The molecule has 0 radical (unpaired) electrons. The van der Waals surface area contributed by atoms with Crippen LogP contribution in [0.5, 0.6) is 0 Å². The minimum absolute atomic E-state index is 0.160. The monoisotopic (exact) mass is 503 g/mol. The maximum absolute atomic E-state index is 11.9. The Morgan fingerprint density at radius 1 is 0.917 bits per heavy atom. The van der Waals surface area contributed by atoms with Gasteiger partial charge >= 0.3 is 0 Å². The number of nitrogens with zero attached hydrogens (tertiary/aromatic N) is 3. The highest BCUT2D eigenvalue weighted by atomic mass is 32.2. The molecule has 8 nitrogen and oxygen atoms in total. The summed E-state index contributed by atoms with van der Waals surface area (Å²) < 4.78 is 29.2. The second kappa shape index (κ2) is 9.50. The highest BCUT2D eigenvalue weighted by Gasteiger charge is 2.19. The third-order valence-electron chi connectivity index (χ3n) is 6.83. The molecule has 1 fully saturated rings. The molecule has 36 heavy (non-hydrogen) atoms. The molecule has 4 aromatic rings. The summed E-state index contributed by atoms with van der Waals surface area (Å²) in [7, 11) is -3.76. The van der Waals surface area contributed by atoms with Crippen LogP contribution in [0.1, 0.15) is 16.8 Å². The number of aromatic amines is 1. The van der Waals surface area contributed by atoms with Gasteiger partial charge in [0.05, 0.1) is 18.1 Å². The Labute approximate surface area is 211 Å². The number of sulfonamides is 1. The van der Waals surface area contributed by atoms with Crippen LogP contribution in [0.4, 0.5) is 5.82 Å². The lowest BCUT2D eigenvalue weighted by Gasteiger charge is -2.27. The SMILES string of the molecule is Cc1[nH]nc(-c2ccnc(N3CCOCC3)c2)c1-c1ccc(-c2ccc(S(N)(=O)=O)c(C)c2C)cc1. The smallest absolute Gasteiger partial charge is 0.238 e. The largest absolute Gasteiger partial charge is 0.378 e. The lowest BCUT2D eigenvalue weighted by atomic mass is 9.94. The number of hydrogen-bond acceptors (Lipinski definition) is 6. The Bertz CT molecular complexity index is 1520. The van der Waals surface area contributed by atoms with Gasteiger partial charge in [-0.05, 0) is 66.8 Å². The van der Waals surface area contributed by atoms with Crippen LogP contribution >= 0.6 is 0 Å². The number of hydrogen-bond donors (Lipinski definition) is 2. The first-order valence-corrected chi connectivity index (χ1v) is 13.4. The summed E-state index contributed by atoms with van der Waals surface area (Å²) in [5, 5.41) is 13.1. The van der Waals surface area contributed by atoms with Crippen LogP contribution in [-0.4, -0.2) is 49.9 Å². The van der Waals surface area contributed by atoms with E-state index in [1.807, 2.05) is 32.2 Å². The molecule has 0 bridgehead atoms. The molecule has 0 aliphatic carbocycles. The molecule has 0 saturated carbocycles. The summed E-state index contributed by atoms with van der Waals surface area (Å²) >= 11 is 0. The lowest BCUT2D eigenvalue weighted by Crippen LogP contribution is -2.36. The number of aryl methyl sites for hydroxylation is 1. The van der Waals surface area contributed by atoms with Gasteiger partial charge in [-0.2, -0.15) is 5.10 Å². The van der Waals surface area contributed by atoms with Gasteiger partial charge in [0, 0.05) is 36.1 Å². The number of rotatable bonds is 5. The van der Waals surface area contributed by atoms with Crippen LogP contribution in [0.15, 0.2) is 59.6 Å². The van der Waals surface area contributed by atoms with E-state index >= 15 is 0 Å². The number of anilines is 1. The molecule has 9 heteroatoms. The van der Waals surface area contributed by atoms with Gasteiger partial charge in [-0.15, -0.1) is 0 Å². The van der Waals surface area contributed by atoms with E-state index < -0.39 is 10.0 Å². The van der Waals surface area contributed by atoms with Crippen molar-refractivity contribution in [1.82, 2.24) is 15.2 Å². The highest BCUT2D eigenvalue weighted by Crippen LogP contribution is 2.36. The summed E-state index contributed by atoms with van der Waals surface area (Å²) in [6, 6.07) is 15.7. The van der Waals surface area contributed by atoms with Crippen molar-refractivity contribution in [2.75, 3.05) is 31.2 Å². The fraction of sp³-hybridized carbons (Fsp3) is 0.259. The lowest BCUT2D eigenvalue weighted by molar-refractivity contribution is 0.122. The molecule has 186 valence electrons. The van der Waals surface area contributed by atoms with Crippen molar-refractivity contribution in [3.63, 3.8) is 0 Å². The summed E-state index contributed by atoms with van der Waals surface area (Å²) in [5.74, 6) is 0.923. The molecule has 3 N–H and O–H groups in total. The van der Waals surface area contributed by atoms with Gasteiger partial charge in [-0.25, -0.2) is 18.5 Å². The number of nitrogens with one attached hydrogen (secondary N) is 1. The molecule has 2 aromatic heterocycles. The van der Waals surface area contributed by atoms with E-state index in [2.05, 4.69) is 50.4 Å². The summed E-state index contributed by atoms with van der Waals surface area (Å²) in [4.78, 5) is 6.96. The first kappa shape index (κ1) is 24.2. The predicted octanol–water partition coefficient (Wildman–Crippen LogP) is 4.21. The molecule has 0 unspecified atom stereocenters. The number of ether oxygens (including phenoxy) is 1. The Morgan fingerprint density at radius 2 is 1.61 bits per heavy atom. The normalized spacial score (nSPS) is 14.3. The van der Waals surface area contributed by atoms with Crippen molar-refractivity contribution < 1.29 is 13.2 Å². The van der Waals surface area contributed by atoms with Gasteiger partial charge in [-0.1, -0.05) is 30.3 Å². The van der Waals surface area contributed by atoms with Crippen LogP contribution in [0.25, 0.3) is 33.5 Å². The zero-order chi connectivity index (χ0) is 25.4. The van der Waals surface area contributed by atoms with E-state index in [9.17, 15) is 8.42 Å². The molecule has 1 aliphatic heterocycles. The van der Waals surface area contributed by atoms with Crippen molar-refractivity contribution in [3.8, 4) is 33.5 Å². The zero-order valence-corrected chi connectivity index (χ0v) is 21.4. The Morgan fingerprint density at radius 3 is 2.31 bits per heavy atom. The number of primary sulfonamides is 1. The van der Waals surface area contributed by atoms with E-state index in [0.717, 1.165) is 63.7 Å². The fourth-order valence-electron chi connectivity index (χ4n) is 4.76. The quantitative estimate of drug-likeness (QED) is 0.422. The van der Waals surface area contributed by atoms with Gasteiger partial charge < -0.3 is 9.64 Å². The number of benzene rings is 2. The average molecular weight is 504 g/mol. The number of aromatic nitrogens is 3. The Balaban J connectivity index is 1.49. The summed E-state index contributed by atoms with van der Waals surface area (Å²) in [6.07, 6.45) is 1.83. The van der Waals surface area contributed by atoms with Crippen LogP contribution < -0.4 is 10.0 Å². The molecular formula is C27H29N5O3S. The molecular weight excluding hydrogens is 474 g/mol. The second-order valence-corrected chi connectivity index (χ2v) is 10.6. The van der Waals surface area contributed by atoms with E-state index in [4.69, 9.17) is 9.88 Å². The minimum atomic E-state index is -3.76. The van der Waals surface area contributed by atoms with Crippen LogP contribution in [-0.2, 0) is 14.8 Å². The van der Waals surface area contributed by atoms with Crippen LogP contribution in [0.3, 0.4) is 0 Å². The van der Waals surface area contributed by atoms with Gasteiger partial charge in [0.15, 0.2) is 0 Å². The van der Waals surface area contributed by atoms with Crippen LogP contribution in [0.2, 0.25) is 0 Å². The molecule has 0 amide bonds. The van der Waals surface area contributed by atoms with Crippen molar-refractivity contribution >= 4 is 15.8 Å². The van der Waals surface area contributed by atoms with Crippen molar-refractivity contribution in [3.05, 3.63) is 71.5 Å². The van der Waals surface area contributed by atoms with E-state index in [-0.39, 0.29) is 4.90 Å². The van der Waals surface area contributed by atoms with Gasteiger partial charge in [-0.3, -0.25) is 5.10 Å². The molecule has 1 saturated heterocycles. The molecule has 2 aromatic carbocycles. The van der Waals surface area contributed by atoms with Gasteiger partial charge in [0.1, 0.15) is 11.5 Å². The first-order valence-electron chi connectivity index (χ1n) is 11.8. The zero-order valence-electron chi connectivity index (χ0n) is 20.6. The molecule has 0 spiro atoms. The number of morpholine rings is 1. The predicted molar refractivity (Wildman–Crippen MR) is 141 cm³/mol. The van der Waals surface area contributed by atoms with Crippen LogP contribution in [0, 0.1) is 20.8 Å². The third kappa shape index (κ3) is 4.53. The van der Waals surface area contributed by atoms with E-state index in [1.165, 1.54) is 0 Å². The van der Waals surface area contributed by atoms with Crippen molar-refractivity contribution in [1.29, 1.82) is 0 Å². The molecule has 1 aliphatic rings. The maximum Gasteiger partial charge on any atom is 0.238 e. The number of H-pyrrole nitrogens is 1. The Kier molecular flexibility index (Phi) is 6.38. The van der Waals surface area contributed by atoms with E-state index in [0.29, 0.717) is 18.8 Å². The summed E-state index contributed by atoms with van der Waals surface area (Å²) in [6.45, 7) is 8.77. The first-order chi connectivity index (χ1) is 17.2. The maximum atomic E-state index is 11.9. The van der Waals surface area contributed by atoms with Gasteiger partial charge in [0.25, 0.3) is 0 Å².